The van der Waals surface area contributed by atoms with Crippen LogP contribution in [0.4, 0.5) is 11.5 Å². The van der Waals surface area contributed by atoms with Crippen LogP contribution in [-0.4, -0.2) is 33.6 Å². The molecule has 6 rings (SSSR count). The Morgan fingerprint density at radius 1 is 0.875 bits per heavy atom. The van der Waals surface area contributed by atoms with E-state index in [2.05, 4.69) is 32.4 Å². The minimum absolute atomic E-state index is 0.120. The van der Waals surface area contributed by atoms with Crippen molar-refractivity contribution in [1.29, 1.82) is 0 Å². The summed E-state index contributed by atoms with van der Waals surface area (Å²) >= 11 is 0. The summed E-state index contributed by atoms with van der Waals surface area (Å²) in [7, 11) is 4.01. The van der Waals surface area contributed by atoms with Gasteiger partial charge in [-0.3, -0.25) is 14.2 Å². The highest BCUT2D eigenvalue weighted by molar-refractivity contribution is 5.97. The molecule has 8 heteroatoms. The maximum absolute atomic E-state index is 14.4. The van der Waals surface area contributed by atoms with Crippen LogP contribution in [0.1, 0.15) is 18.7 Å². The van der Waals surface area contributed by atoms with Crippen LogP contribution in [0.5, 0.6) is 0 Å². The Labute approximate surface area is 230 Å². The van der Waals surface area contributed by atoms with E-state index in [1.807, 2.05) is 92.6 Å². The molecule has 2 N–H and O–H groups in total. The predicted molar refractivity (Wildman–Crippen MR) is 162 cm³/mol. The summed E-state index contributed by atoms with van der Waals surface area (Å²) in [6.45, 7) is 1.95. The van der Waals surface area contributed by atoms with Gasteiger partial charge in [-0.05, 0) is 53.8 Å². The zero-order valence-corrected chi connectivity index (χ0v) is 22.4. The second-order valence-electron chi connectivity index (χ2n) is 9.91. The molecule has 0 aliphatic carbocycles. The number of benzene rings is 3. The molecule has 0 saturated heterocycles. The van der Waals surface area contributed by atoms with Crippen LogP contribution in [0.3, 0.4) is 0 Å². The molecule has 8 nitrogen and oxygen atoms in total. The summed E-state index contributed by atoms with van der Waals surface area (Å²) in [5.74, 6) is 0.404. The number of fused-ring (bicyclic) bond motifs is 2. The fraction of sp³-hybridized carbons (Fsp3) is 0.125. The fourth-order valence-electron chi connectivity index (χ4n) is 5.12. The van der Waals surface area contributed by atoms with E-state index in [1.54, 1.807) is 10.8 Å². The first-order chi connectivity index (χ1) is 19.4. The quantitative estimate of drug-likeness (QED) is 0.295. The van der Waals surface area contributed by atoms with Crippen molar-refractivity contribution in [1.82, 2.24) is 19.5 Å². The third-order valence-electron chi connectivity index (χ3n) is 7.13. The molecule has 198 valence electrons. The van der Waals surface area contributed by atoms with Crippen molar-refractivity contribution in [3.8, 4) is 16.8 Å². The molecule has 40 heavy (non-hydrogen) atoms. The molecule has 3 aromatic carbocycles. The molecule has 0 saturated carbocycles. The number of aromatic nitrogens is 4. The highest BCUT2D eigenvalue weighted by atomic mass is 16.1. The third kappa shape index (κ3) is 4.39. The van der Waals surface area contributed by atoms with Crippen molar-refractivity contribution >= 4 is 33.3 Å². The number of nitrogens with one attached hydrogen (secondary N) is 2. The number of H-pyrrole nitrogens is 1. The number of anilines is 2. The minimum atomic E-state index is -0.377. The molecule has 0 bridgehead atoms. The summed E-state index contributed by atoms with van der Waals surface area (Å²) < 4.78 is 1.74. The van der Waals surface area contributed by atoms with Gasteiger partial charge in [0.05, 0.1) is 11.4 Å². The van der Waals surface area contributed by atoms with Crippen LogP contribution in [0, 0.1) is 0 Å². The molecular formula is C32H28N6O2. The summed E-state index contributed by atoms with van der Waals surface area (Å²) in [5.41, 5.74) is 4.56. The molecule has 3 aromatic heterocycles. The van der Waals surface area contributed by atoms with Crippen molar-refractivity contribution in [3.63, 3.8) is 0 Å². The molecule has 0 aliphatic rings. The Kier molecular flexibility index (Phi) is 6.36. The topological polar surface area (TPSA) is 95.9 Å². The normalized spacial score (nSPS) is 12.0. The van der Waals surface area contributed by atoms with Gasteiger partial charge in [0.25, 0.3) is 5.56 Å². The lowest BCUT2D eigenvalue weighted by Gasteiger charge is -2.22. The number of hydrogen-bond donors (Lipinski definition) is 2. The Morgan fingerprint density at radius 2 is 1.65 bits per heavy atom. The Hall–Kier alpha value is -5.24. The van der Waals surface area contributed by atoms with Crippen LogP contribution in [0.2, 0.25) is 0 Å². The van der Waals surface area contributed by atoms with Crippen LogP contribution < -0.4 is 21.2 Å². The van der Waals surface area contributed by atoms with Crippen molar-refractivity contribution < 1.29 is 0 Å². The fourth-order valence-corrected chi connectivity index (χ4v) is 5.12. The molecule has 1 atom stereocenters. The van der Waals surface area contributed by atoms with E-state index in [4.69, 9.17) is 0 Å². The molecule has 0 radical (unpaired) electrons. The van der Waals surface area contributed by atoms with E-state index in [-0.39, 0.29) is 17.0 Å². The predicted octanol–water partition coefficient (Wildman–Crippen LogP) is 5.53. The maximum atomic E-state index is 14.4. The first-order valence-corrected chi connectivity index (χ1v) is 13.0. The molecule has 3 heterocycles. The average Bonchev–Trinajstić information content (AvgIpc) is 2.97. The number of pyridine rings is 2. The molecule has 0 fully saturated rings. The maximum Gasteiger partial charge on any atom is 0.263 e. The molecule has 6 aromatic rings. The van der Waals surface area contributed by atoms with Crippen LogP contribution in [0.25, 0.3) is 38.6 Å². The van der Waals surface area contributed by atoms with E-state index in [9.17, 15) is 9.59 Å². The van der Waals surface area contributed by atoms with Gasteiger partial charge < -0.3 is 15.2 Å². The van der Waals surface area contributed by atoms with E-state index >= 15 is 0 Å². The second-order valence-corrected chi connectivity index (χ2v) is 9.91. The summed E-state index contributed by atoms with van der Waals surface area (Å²) in [6.07, 6.45) is 2.97. The summed E-state index contributed by atoms with van der Waals surface area (Å²) in [5, 5.41) is 5.22. The van der Waals surface area contributed by atoms with E-state index in [1.165, 1.54) is 12.4 Å². The van der Waals surface area contributed by atoms with Gasteiger partial charge in [0.2, 0.25) is 0 Å². The minimum Gasteiger partial charge on any atom is -0.378 e. The number of hydrogen-bond acceptors (Lipinski definition) is 6. The molecule has 0 spiro atoms. The van der Waals surface area contributed by atoms with Gasteiger partial charge in [0, 0.05) is 43.4 Å². The van der Waals surface area contributed by atoms with Crippen molar-refractivity contribution in [2.45, 2.75) is 13.0 Å². The van der Waals surface area contributed by atoms with Gasteiger partial charge in [-0.1, -0.05) is 48.5 Å². The van der Waals surface area contributed by atoms with Crippen molar-refractivity contribution in [2.75, 3.05) is 24.3 Å². The monoisotopic (exact) mass is 528 g/mol. The zero-order valence-electron chi connectivity index (χ0n) is 22.4. The van der Waals surface area contributed by atoms with Crippen molar-refractivity contribution in [3.05, 3.63) is 124 Å². The summed E-state index contributed by atoms with van der Waals surface area (Å²) in [6, 6.07) is 26.8. The Bertz CT molecular complexity index is 1960. The number of rotatable bonds is 6. The number of para-hydroxylation sites is 1. The molecule has 0 aliphatic heterocycles. The van der Waals surface area contributed by atoms with Crippen LogP contribution in [-0.2, 0) is 0 Å². The number of nitrogens with zero attached hydrogens (tertiary/aromatic N) is 4. The van der Waals surface area contributed by atoms with E-state index < -0.39 is 0 Å². The highest BCUT2D eigenvalue weighted by Gasteiger charge is 2.20. The van der Waals surface area contributed by atoms with Crippen molar-refractivity contribution in [2.24, 2.45) is 0 Å². The standard InChI is InChI=1S/C32H28N6O2/c1-20(36-31-29-27(39)16-17-33-30(29)34-19-35-31)26-18-22-8-7-11-25(21-12-14-23(15-13-21)37(2)3)28(22)32(40)38(26)24-9-5-4-6-10-24/h4-20H,1-3H3,(H2,33,34,35,36,39)/t20-/m0/s1. The third-order valence-corrected chi connectivity index (χ3v) is 7.13. The molecule has 0 unspecified atom stereocenters. The van der Waals surface area contributed by atoms with E-state index in [0.717, 1.165) is 33.6 Å². The van der Waals surface area contributed by atoms with Gasteiger partial charge in [0.1, 0.15) is 23.2 Å². The highest BCUT2D eigenvalue weighted by Crippen LogP contribution is 2.31. The Balaban J connectivity index is 1.55. The smallest absolute Gasteiger partial charge is 0.263 e. The first kappa shape index (κ1) is 25.1. The lowest BCUT2D eigenvalue weighted by Crippen LogP contribution is -2.26. The van der Waals surface area contributed by atoms with Gasteiger partial charge in [-0.25, -0.2) is 9.97 Å². The first-order valence-electron chi connectivity index (χ1n) is 13.0. The van der Waals surface area contributed by atoms with E-state index in [0.29, 0.717) is 22.2 Å². The largest absolute Gasteiger partial charge is 0.378 e. The molecular weight excluding hydrogens is 500 g/mol. The lowest BCUT2D eigenvalue weighted by molar-refractivity contribution is 0.774. The molecule has 0 amide bonds. The Morgan fingerprint density at radius 3 is 2.40 bits per heavy atom. The SMILES string of the molecule is C[C@H](Nc1ncnc2[nH]ccc(=O)c12)c1cc2cccc(-c3ccc(N(C)C)cc3)c2c(=O)n1-c1ccccc1. The summed E-state index contributed by atoms with van der Waals surface area (Å²) in [4.78, 5) is 40.7. The van der Waals surface area contributed by atoms with Gasteiger partial charge >= 0.3 is 0 Å². The van der Waals surface area contributed by atoms with Gasteiger partial charge in [-0.15, -0.1) is 0 Å². The van der Waals surface area contributed by atoms with Gasteiger partial charge in [-0.2, -0.15) is 0 Å². The average molecular weight is 529 g/mol. The number of aromatic amines is 1. The van der Waals surface area contributed by atoms with Gasteiger partial charge in [0.15, 0.2) is 5.43 Å². The van der Waals surface area contributed by atoms with Crippen LogP contribution >= 0.6 is 0 Å². The second kappa shape index (κ2) is 10.1. The zero-order chi connectivity index (χ0) is 27.8. The lowest BCUT2D eigenvalue weighted by atomic mass is 9.97. The van der Waals surface area contributed by atoms with Crippen LogP contribution in [0.15, 0.2) is 107 Å².